The second-order valence-electron chi connectivity index (χ2n) is 7.08. The standard InChI is InChI=1S/C21H24FN3O3/c1-14-11-24(17-8-9-18(20(23)26)19(22)10-17)12-15(2)25(14)21(27)28-13-16-6-4-3-5-7-16/h3-10,14-15H,11-13H2,1-2H3,(H2,23,26)/t14-,15+. The molecule has 2 aromatic carbocycles. The van der Waals surface area contributed by atoms with Crippen LogP contribution in [0.3, 0.4) is 0 Å². The Morgan fingerprint density at radius 2 is 1.75 bits per heavy atom. The first kappa shape index (κ1) is 19.7. The Morgan fingerprint density at radius 1 is 1.11 bits per heavy atom. The van der Waals surface area contributed by atoms with Gasteiger partial charge in [0.1, 0.15) is 12.4 Å². The van der Waals surface area contributed by atoms with Gasteiger partial charge in [-0.05, 0) is 37.6 Å². The van der Waals surface area contributed by atoms with Gasteiger partial charge in [0.2, 0.25) is 0 Å². The second kappa shape index (κ2) is 8.29. The maximum atomic E-state index is 14.1. The zero-order chi connectivity index (χ0) is 20.3. The molecule has 1 fully saturated rings. The molecule has 0 bridgehead atoms. The van der Waals surface area contributed by atoms with Crippen LogP contribution in [-0.4, -0.2) is 42.1 Å². The highest BCUT2D eigenvalue weighted by Crippen LogP contribution is 2.25. The summed E-state index contributed by atoms with van der Waals surface area (Å²) in [5.41, 5.74) is 6.61. The van der Waals surface area contributed by atoms with E-state index in [9.17, 15) is 14.0 Å². The molecule has 1 aliphatic rings. The lowest BCUT2D eigenvalue weighted by Crippen LogP contribution is -2.58. The molecular formula is C21H24FN3O3. The smallest absolute Gasteiger partial charge is 0.410 e. The topological polar surface area (TPSA) is 75.9 Å². The lowest BCUT2D eigenvalue weighted by Gasteiger charge is -2.44. The van der Waals surface area contributed by atoms with Gasteiger partial charge in [0, 0.05) is 18.8 Å². The van der Waals surface area contributed by atoms with E-state index in [1.54, 1.807) is 11.0 Å². The molecule has 148 valence electrons. The summed E-state index contributed by atoms with van der Waals surface area (Å²) in [4.78, 5) is 27.5. The maximum absolute atomic E-state index is 14.1. The Labute approximate surface area is 163 Å². The van der Waals surface area contributed by atoms with Crippen molar-refractivity contribution in [2.75, 3.05) is 18.0 Å². The number of ether oxygens (including phenoxy) is 1. The molecule has 0 aliphatic carbocycles. The molecule has 0 radical (unpaired) electrons. The summed E-state index contributed by atoms with van der Waals surface area (Å²) < 4.78 is 19.6. The first-order valence-electron chi connectivity index (χ1n) is 9.20. The van der Waals surface area contributed by atoms with Gasteiger partial charge in [-0.1, -0.05) is 30.3 Å². The van der Waals surface area contributed by atoms with E-state index in [2.05, 4.69) is 0 Å². The van der Waals surface area contributed by atoms with E-state index < -0.39 is 11.7 Å². The van der Waals surface area contributed by atoms with E-state index in [4.69, 9.17) is 10.5 Å². The first-order chi connectivity index (χ1) is 13.4. The van der Waals surface area contributed by atoms with Gasteiger partial charge in [-0.15, -0.1) is 0 Å². The normalized spacial score (nSPS) is 19.4. The van der Waals surface area contributed by atoms with Crippen molar-refractivity contribution in [3.63, 3.8) is 0 Å². The van der Waals surface area contributed by atoms with Crippen LogP contribution in [0.2, 0.25) is 0 Å². The number of primary amides is 1. The average Bonchev–Trinajstić information content (AvgIpc) is 2.66. The van der Waals surface area contributed by atoms with Crippen molar-refractivity contribution in [1.82, 2.24) is 4.90 Å². The van der Waals surface area contributed by atoms with Crippen molar-refractivity contribution < 1.29 is 18.7 Å². The first-order valence-corrected chi connectivity index (χ1v) is 9.20. The zero-order valence-electron chi connectivity index (χ0n) is 16.0. The third-order valence-electron chi connectivity index (χ3n) is 4.92. The van der Waals surface area contributed by atoms with Crippen molar-refractivity contribution in [2.24, 2.45) is 5.73 Å². The van der Waals surface area contributed by atoms with Crippen LogP contribution in [0.15, 0.2) is 48.5 Å². The molecule has 0 saturated carbocycles. The Kier molecular flexibility index (Phi) is 5.82. The number of hydrogen-bond donors (Lipinski definition) is 1. The van der Waals surface area contributed by atoms with Crippen molar-refractivity contribution in [3.05, 3.63) is 65.5 Å². The molecule has 0 unspecified atom stereocenters. The van der Waals surface area contributed by atoms with Crippen LogP contribution in [0, 0.1) is 5.82 Å². The zero-order valence-corrected chi connectivity index (χ0v) is 16.0. The van der Waals surface area contributed by atoms with Gasteiger partial charge in [0.15, 0.2) is 0 Å². The van der Waals surface area contributed by atoms with Crippen LogP contribution >= 0.6 is 0 Å². The van der Waals surface area contributed by atoms with Gasteiger partial charge in [-0.25, -0.2) is 9.18 Å². The highest BCUT2D eigenvalue weighted by molar-refractivity contribution is 5.93. The summed E-state index contributed by atoms with van der Waals surface area (Å²) in [5.74, 6) is -1.44. The Hall–Kier alpha value is -3.09. The van der Waals surface area contributed by atoms with Crippen LogP contribution in [-0.2, 0) is 11.3 Å². The number of nitrogens with zero attached hydrogens (tertiary/aromatic N) is 2. The fourth-order valence-electron chi connectivity index (χ4n) is 3.59. The second-order valence-corrected chi connectivity index (χ2v) is 7.08. The van der Waals surface area contributed by atoms with E-state index in [0.29, 0.717) is 18.8 Å². The molecular weight excluding hydrogens is 361 g/mol. The molecule has 1 saturated heterocycles. The van der Waals surface area contributed by atoms with Crippen molar-refractivity contribution in [3.8, 4) is 0 Å². The highest BCUT2D eigenvalue weighted by Gasteiger charge is 2.34. The molecule has 2 amide bonds. The van der Waals surface area contributed by atoms with E-state index in [1.165, 1.54) is 12.1 Å². The molecule has 0 aromatic heterocycles. The number of hydrogen-bond acceptors (Lipinski definition) is 4. The SMILES string of the molecule is C[C@@H]1CN(c2ccc(C(N)=O)c(F)c2)C[C@H](C)N1C(=O)OCc1ccccc1. The number of piperazine rings is 1. The van der Waals surface area contributed by atoms with E-state index >= 15 is 0 Å². The number of carbonyl (C=O) groups excluding carboxylic acids is 2. The van der Waals surface area contributed by atoms with Gasteiger partial charge in [-0.3, -0.25) is 9.69 Å². The van der Waals surface area contributed by atoms with E-state index in [0.717, 1.165) is 5.56 Å². The number of rotatable bonds is 4. The predicted octanol–water partition coefficient (Wildman–Crippen LogP) is 3.16. The fourth-order valence-corrected chi connectivity index (χ4v) is 3.59. The third-order valence-corrected chi connectivity index (χ3v) is 4.92. The molecule has 2 atom stereocenters. The number of carbonyl (C=O) groups is 2. The van der Waals surface area contributed by atoms with E-state index in [1.807, 2.05) is 49.1 Å². The molecule has 7 heteroatoms. The molecule has 1 heterocycles. The summed E-state index contributed by atoms with van der Waals surface area (Å²) in [7, 11) is 0. The van der Waals surface area contributed by atoms with E-state index in [-0.39, 0.29) is 30.3 Å². The van der Waals surface area contributed by atoms with Crippen LogP contribution < -0.4 is 10.6 Å². The summed E-state index contributed by atoms with van der Waals surface area (Å²) in [6.07, 6.45) is -0.362. The monoisotopic (exact) mass is 385 g/mol. The number of nitrogens with two attached hydrogens (primary N) is 1. The van der Waals surface area contributed by atoms with Crippen molar-refractivity contribution >= 4 is 17.7 Å². The number of halogens is 1. The summed E-state index contributed by atoms with van der Waals surface area (Å²) >= 11 is 0. The van der Waals surface area contributed by atoms with Gasteiger partial charge in [0.05, 0.1) is 17.6 Å². The quantitative estimate of drug-likeness (QED) is 0.877. The van der Waals surface area contributed by atoms with Crippen LogP contribution in [0.4, 0.5) is 14.9 Å². The lowest BCUT2D eigenvalue weighted by atomic mass is 10.1. The number of amides is 2. The number of anilines is 1. The molecule has 1 aliphatic heterocycles. The van der Waals surface area contributed by atoms with Crippen LogP contribution in [0.5, 0.6) is 0 Å². The molecule has 0 spiro atoms. The predicted molar refractivity (Wildman–Crippen MR) is 105 cm³/mol. The molecule has 28 heavy (non-hydrogen) atoms. The highest BCUT2D eigenvalue weighted by atomic mass is 19.1. The summed E-state index contributed by atoms with van der Waals surface area (Å²) in [6.45, 7) is 5.14. The summed E-state index contributed by atoms with van der Waals surface area (Å²) in [6, 6.07) is 13.7. The minimum atomic E-state index is -0.795. The molecule has 2 N–H and O–H groups in total. The van der Waals surface area contributed by atoms with Crippen LogP contribution in [0.1, 0.15) is 29.8 Å². The Balaban J connectivity index is 1.66. The molecule has 2 aromatic rings. The van der Waals surface area contributed by atoms with Gasteiger partial charge >= 0.3 is 6.09 Å². The van der Waals surface area contributed by atoms with Gasteiger partial charge in [0.25, 0.3) is 5.91 Å². The van der Waals surface area contributed by atoms with Crippen molar-refractivity contribution in [2.45, 2.75) is 32.5 Å². The average molecular weight is 385 g/mol. The third kappa shape index (κ3) is 4.24. The fraction of sp³-hybridized carbons (Fsp3) is 0.333. The largest absolute Gasteiger partial charge is 0.445 e. The summed E-state index contributed by atoms with van der Waals surface area (Å²) in [5, 5.41) is 0. The van der Waals surface area contributed by atoms with Gasteiger partial charge < -0.3 is 15.4 Å². The Morgan fingerprint density at radius 3 is 2.32 bits per heavy atom. The molecule has 3 rings (SSSR count). The minimum Gasteiger partial charge on any atom is -0.445 e. The van der Waals surface area contributed by atoms with Crippen LogP contribution in [0.25, 0.3) is 0 Å². The molecule has 6 nitrogen and oxygen atoms in total. The lowest BCUT2D eigenvalue weighted by molar-refractivity contribution is 0.0614. The Bertz CT molecular complexity index is 847. The van der Waals surface area contributed by atoms with Gasteiger partial charge in [-0.2, -0.15) is 0 Å². The maximum Gasteiger partial charge on any atom is 0.410 e. The minimum absolute atomic E-state index is 0.120. The number of benzene rings is 2. The van der Waals surface area contributed by atoms with Crippen molar-refractivity contribution in [1.29, 1.82) is 0 Å².